The summed E-state index contributed by atoms with van der Waals surface area (Å²) in [5.74, 6) is 0. The number of benzene rings is 1. The second kappa shape index (κ2) is 6.10. The lowest BCUT2D eigenvalue weighted by Gasteiger charge is -2.42. The molecule has 0 fully saturated rings. The Labute approximate surface area is 112 Å². The Morgan fingerprint density at radius 2 is 1.18 bits per heavy atom. The van der Waals surface area contributed by atoms with Crippen molar-refractivity contribution in [3.8, 4) is 0 Å². The van der Waals surface area contributed by atoms with E-state index in [0.29, 0.717) is 0 Å². The average molecular weight is 267 g/mol. The molecule has 96 valence electrons. The zero-order chi connectivity index (χ0) is 13.1. The molecule has 0 aliphatic heterocycles. The zero-order valence-electron chi connectivity index (χ0n) is 12.0. The highest BCUT2D eigenvalue weighted by Gasteiger charge is 2.43. The summed E-state index contributed by atoms with van der Waals surface area (Å²) in [6, 6.07) is 10.9. The van der Waals surface area contributed by atoms with Crippen molar-refractivity contribution in [2.45, 2.75) is 63.1 Å². The second-order valence-electron chi connectivity index (χ2n) is 5.73. The monoisotopic (exact) mass is 266 g/mol. The summed E-state index contributed by atoms with van der Waals surface area (Å²) in [6.07, 6.45) is 0. The molecule has 0 spiro atoms. The molecule has 0 aliphatic rings. The van der Waals surface area contributed by atoms with Crippen molar-refractivity contribution in [2.75, 3.05) is 0 Å². The normalized spacial score (nSPS) is 12.8. The Balaban J connectivity index is 3.07. The largest absolute Gasteiger partial charge is 0.150 e. The fraction of sp³-hybridized carbons (Fsp3) is 0.600. The molecule has 0 radical (unpaired) electrons. The first-order valence-corrected chi connectivity index (χ1v) is 10.4. The van der Waals surface area contributed by atoms with Crippen molar-refractivity contribution in [3.05, 3.63) is 30.3 Å². The van der Waals surface area contributed by atoms with Gasteiger partial charge in [-0.2, -0.15) is 11.2 Å². The lowest BCUT2D eigenvalue weighted by molar-refractivity contribution is 0.851. The molecule has 17 heavy (non-hydrogen) atoms. The van der Waals surface area contributed by atoms with Gasteiger partial charge in [-0.05, 0) is 28.8 Å². The van der Waals surface area contributed by atoms with Gasteiger partial charge < -0.3 is 0 Å². The molecule has 0 bridgehead atoms. The van der Waals surface area contributed by atoms with Crippen molar-refractivity contribution >= 4 is 18.4 Å². The first-order chi connectivity index (χ1) is 7.91. The van der Waals surface area contributed by atoms with Crippen molar-refractivity contribution in [1.29, 1.82) is 0 Å². The van der Waals surface area contributed by atoms with Gasteiger partial charge in [-0.15, -0.1) is 0 Å². The molecule has 1 rings (SSSR count). The predicted molar refractivity (Wildman–Crippen MR) is 83.3 cm³/mol. The Morgan fingerprint density at radius 1 is 0.765 bits per heavy atom. The van der Waals surface area contributed by atoms with Crippen LogP contribution in [0.15, 0.2) is 35.2 Å². The molecule has 0 heterocycles. The van der Waals surface area contributed by atoms with Crippen molar-refractivity contribution in [3.63, 3.8) is 0 Å². The van der Waals surface area contributed by atoms with E-state index in [9.17, 15) is 0 Å². The van der Waals surface area contributed by atoms with E-state index < -0.39 is 7.22 Å². The highest BCUT2D eigenvalue weighted by atomic mass is 32.4. The molecule has 0 saturated carbocycles. The number of hydrogen-bond donors (Lipinski definition) is 0. The molecule has 1 aromatic carbocycles. The third kappa shape index (κ3) is 3.17. The molecule has 0 saturated heterocycles. The van der Waals surface area contributed by atoms with Crippen LogP contribution >= 0.6 is 11.2 Å². The summed E-state index contributed by atoms with van der Waals surface area (Å²) in [5, 5.41) is 0. The van der Waals surface area contributed by atoms with Crippen LogP contribution in [0.1, 0.15) is 41.5 Å². The van der Waals surface area contributed by atoms with Crippen LogP contribution in [-0.4, -0.2) is 7.22 Å². The zero-order valence-corrected chi connectivity index (χ0v) is 13.8. The smallest absolute Gasteiger partial charge is 0.131 e. The maximum Gasteiger partial charge on any atom is 0.131 e. The summed E-state index contributed by atoms with van der Waals surface area (Å²) in [6.45, 7) is 14.5. The SMILES string of the molecule is CC(C)[Si](Sc1ccccc1)(C(C)C)C(C)C. The topological polar surface area (TPSA) is 0 Å². The van der Waals surface area contributed by atoms with Crippen molar-refractivity contribution < 1.29 is 0 Å². The molecule has 0 N–H and O–H groups in total. The summed E-state index contributed by atoms with van der Waals surface area (Å²) < 4.78 is 0. The first-order valence-electron chi connectivity index (χ1n) is 6.65. The van der Waals surface area contributed by atoms with E-state index in [4.69, 9.17) is 0 Å². The summed E-state index contributed by atoms with van der Waals surface area (Å²) in [5.41, 5.74) is 2.44. The van der Waals surface area contributed by atoms with Crippen LogP contribution in [0.2, 0.25) is 16.6 Å². The molecule has 1 aromatic rings. The Morgan fingerprint density at radius 3 is 1.53 bits per heavy atom. The van der Waals surface area contributed by atoms with Gasteiger partial charge in [-0.3, -0.25) is 0 Å². The molecule has 0 amide bonds. The van der Waals surface area contributed by atoms with Crippen molar-refractivity contribution in [1.82, 2.24) is 0 Å². The Kier molecular flexibility index (Phi) is 5.33. The van der Waals surface area contributed by atoms with Gasteiger partial charge in [0.1, 0.15) is 7.22 Å². The van der Waals surface area contributed by atoms with Gasteiger partial charge in [0.2, 0.25) is 0 Å². The maximum atomic E-state index is 2.42. The van der Waals surface area contributed by atoms with Gasteiger partial charge in [-0.1, -0.05) is 59.7 Å². The van der Waals surface area contributed by atoms with E-state index >= 15 is 0 Å². The van der Waals surface area contributed by atoms with Crippen LogP contribution in [-0.2, 0) is 0 Å². The third-order valence-electron chi connectivity index (χ3n) is 3.74. The highest BCUT2D eigenvalue weighted by Crippen LogP contribution is 2.51. The Bertz CT molecular complexity index is 308. The molecule has 0 aromatic heterocycles. The fourth-order valence-electron chi connectivity index (χ4n) is 3.05. The lowest BCUT2D eigenvalue weighted by Crippen LogP contribution is -2.40. The highest BCUT2D eigenvalue weighted by molar-refractivity contribution is 8.29. The standard InChI is InChI=1S/C15H26SSi/c1-12(2)17(13(3)4,14(5)6)16-15-10-8-7-9-11-15/h7-14H,1-6H3. The summed E-state index contributed by atoms with van der Waals surface area (Å²) in [4.78, 5) is 1.45. The minimum absolute atomic E-state index is 0.813. The van der Waals surface area contributed by atoms with Gasteiger partial charge >= 0.3 is 0 Å². The van der Waals surface area contributed by atoms with Gasteiger partial charge in [0, 0.05) is 4.90 Å². The molecular formula is C15H26SSi. The molecular weight excluding hydrogens is 240 g/mol. The molecule has 0 unspecified atom stereocenters. The van der Waals surface area contributed by atoms with Crippen LogP contribution in [0.25, 0.3) is 0 Å². The van der Waals surface area contributed by atoms with Crippen LogP contribution in [0, 0.1) is 0 Å². The summed E-state index contributed by atoms with van der Waals surface area (Å²) >= 11 is 2.20. The Hall–Kier alpha value is -0.213. The number of hydrogen-bond acceptors (Lipinski definition) is 1. The minimum Gasteiger partial charge on any atom is -0.150 e. The molecule has 2 heteroatoms. The van der Waals surface area contributed by atoms with E-state index in [-0.39, 0.29) is 0 Å². The van der Waals surface area contributed by atoms with E-state index in [1.54, 1.807) is 0 Å². The van der Waals surface area contributed by atoms with Crippen LogP contribution in [0.3, 0.4) is 0 Å². The van der Waals surface area contributed by atoms with Gasteiger partial charge in [0.25, 0.3) is 0 Å². The third-order valence-corrected chi connectivity index (χ3v) is 16.0. The van der Waals surface area contributed by atoms with E-state index in [1.807, 2.05) is 0 Å². The minimum atomic E-state index is -1.35. The first kappa shape index (κ1) is 14.8. The lowest BCUT2D eigenvalue weighted by atomic mass is 10.4. The summed E-state index contributed by atoms with van der Waals surface area (Å²) in [7, 11) is -1.35. The predicted octanol–water partition coefficient (Wildman–Crippen LogP) is 5.95. The molecule has 0 nitrogen and oxygen atoms in total. The van der Waals surface area contributed by atoms with Crippen LogP contribution < -0.4 is 0 Å². The van der Waals surface area contributed by atoms with E-state index in [1.165, 1.54) is 4.90 Å². The van der Waals surface area contributed by atoms with Gasteiger partial charge in [0.15, 0.2) is 0 Å². The average Bonchev–Trinajstić information content (AvgIpc) is 2.25. The van der Waals surface area contributed by atoms with Gasteiger partial charge in [-0.25, -0.2) is 0 Å². The quantitative estimate of drug-likeness (QED) is 0.593. The number of rotatable bonds is 5. The van der Waals surface area contributed by atoms with Crippen LogP contribution in [0.5, 0.6) is 0 Å². The van der Waals surface area contributed by atoms with E-state index in [2.05, 4.69) is 83.1 Å². The fourth-order valence-corrected chi connectivity index (χ4v) is 12.2. The van der Waals surface area contributed by atoms with Crippen LogP contribution in [0.4, 0.5) is 0 Å². The van der Waals surface area contributed by atoms with E-state index in [0.717, 1.165) is 16.6 Å². The molecule has 0 aliphatic carbocycles. The maximum absolute atomic E-state index is 2.42. The van der Waals surface area contributed by atoms with Gasteiger partial charge in [0.05, 0.1) is 0 Å². The second-order valence-corrected chi connectivity index (χ2v) is 14.3. The van der Waals surface area contributed by atoms with Crippen molar-refractivity contribution in [2.24, 2.45) is 0 Å². The molecule has 0 atom stereocenters.